The molecule has 0 radical (unpaired) electrons. The molecule has 0 amide bonds. The molecule has 2 heterocycles. The van der Waals surface area contributed by atoms with Crippen LogP contribution in [0, 0.1) is 6.92 Å². The number of pyridine rings is 1. The van der Waals surface area contributed by atoms with E-state index in [1.165, 1.54) is 0 Å². The van der Waals surface area contributed by atoms with Crippen LogP contribution in [0.2, 0.25) is 0 Å². The molecule has 84 valence electrons. The Morgan fingerprint density at radius 2 is 1.88 bits per heavy atom. The molecule has 0 aliphatic rings. The molecule has 4 nitrogen and oxygen atoms in total. The summed E-state index contributed by atoms with van der Waals surface area (Å²) in [5.41, 5.74) is 2.05. The van der Waals surface area contributed by atoms with Gasteiger partial charge in [0.25, 0.3) is 0 Å². The summed E-state index contributed by atoms with van der Waals surface area (Å²) in [5, 5.41) is 9.42. The second kappa shape index (κ2) is 3.66. The quantitative estimate of drug-likeness (QED) is 0.637. The van der Waals surface area contributed by atoms with Crippen LogP contribution in [-0.4, -0.2) is 19.7 Å². The zero-order chi connectivity index (χ0) is 11.8. The molecular formula is C13H12N4. The zero-order valence-electron chi connectivity index (χ0n) is 9.75. The van der Waals surface area contributed by atoms with E-state index in [4.69, 9.17) is 0 Å². The molecule has 3 aromatic rings. The Morgan fingerprint density at radius 3 is 2.65 bits per heavy atom. The summed E-state index contributed by atoms with van der Waals surface area (Å²) in [6, 6.07) is 10.0. The van der Waals surface area contributed by atoms with E-state index < -0.39 is 0 Å². The molecule has 0 atom stereocenters. The van der Waals surface area contributed by atoms with Crippen LogP contribution in [0.15, 0.2) is 36.5 Å². The number of nitrogens with zero attached hydrogens (tertiary/aromatic N) is 4. The van der Waals surface area contributed by atoms with Crippen LogP contribution in [0.3, 0.4) is 0 Å². The van der Waals surface area contributed by atoms with Gasteiger partial charge < -0.3 is 4.57 Å². The number of rotatable bonds is 1. The highest BCUT2D eigenvalue weighted by Gasteiger charge is 2.10. The molecular weight excluding hydrogens is 212 g/mol. The summed E-state index contributed by atoms with van der Waals surface area (Å²) >= 11 is 0. The van der Waals surface area contributed by atoms with E-state index in [-0.39, 0.29) is 0 Å². The van der Waals surface area contributed by atoms with E-state index in [0.717, 1.165) is 28.1 Å². The lowest BCUT2D eigenvalue weighted by Gasteiger charge is -2.05. The first-order chi connectivity index (χ1) is 8.27. The van der Waals surface area contributed by atoms with Crippen LogP contribution in [-0.2, 0) is 7.05 Å². The summed E-state index contributed by atoms with van der Waals surface area (Å²) in [7, 11) is 1.97. The molecule has 0 saturated carbocycles. The van der Waals surface area contributed by atoms with Gasteiger partial charge in [-0.1, -0.05) is 18.2 Å². The summed E-state index contributed by atoms with van der Waals surface area (Å²) in [5.74, 6) is 1.78. The highest BCUT2D eigenvalue weighted by molar-refractivity contribution is 5.92. The largest absolute Gasteiger partial charge is 0.314 e. The predicted octanol–water partition coefficient (Wildman–Crippen LogP) is 2.34. The smallest absolute Gasteiger partial charge is 0.164 e. The molecule has 2 aromatic heterocycles. The van der Waals surface area contributed by atoms with Gasteiger partial charge in [-0.05, 0) is 19.1 Å². The van der Waals surface area contributed by atoms with Crippen molar-refractivity contribution in [1.82, 2.24) is 19.7 Å². The molecule has 0 saturated heterocycles. The number of hydrogen-bond acceptors (Lipinski definition) is 3. The van der Waals surface area contributed by atoms with Gasteiger partial charge in [0.2, 0.25) is 0 Å². The molecule has 3 rings (SSSR count). The van der Waals surface area contributed by atoms with E-state index in [9.17, 15) is 0 Å². The van der Waals surface area contributed by atoms with E-state index in [1.807, 2.05) is 49.0 Å². The normalized spacial score (nSPS) is 10.9. The monoisotopic (exact) mass is 224 g/mol. The van der Waals surface area contributed by atoms with Gasteiger partial charge in [-0.2, -0.15) is 0 Å². The molecule has 4 heteroatoms. The Bertz CT molecular complexity index is 679. The number of aryl methyl sites for hydroxylation is 1. The van der Waals surface area contributed by atoms with Crippen molar-refractivity contribution in [3.05, 3.63) is 42.4 Å². The average molecular weight is 224 g/mol. The van der Waals surface area contributed by atoms with Gasteiger partial charge in [-0.15, -0.1) is 10.2 Å². The van der Waals surface area contributed by atoms with Gasteiger partial charge in [0.05, 0.1) is 5.52 Å². The highest BCUT2D eigenvalue weighted by atomic mass is 15.3. The van der Waals surface area contributed by atoms with E-state index in [2.05, 4.69) is 21.2 Å². The lowest BCUT2D eigenvalue weighted by atomic mass is 10.1. The first kappa shape index (κ1) is 9.96. The van der Waals surface area contributed by atoms with E-state index in [0.29, 0.717) is 0 Å². The topological polar surface area (TPSA) is 43.6 Å². The standard InChI is InChI=1S/C13H12N4/c1-9-15-16-13(17(9)2)11-7-8-14-12-6-4-3-5-10(11)12/h3-8H,1-2H3. The van der Waals surface area contributed by atoms with Gasteiger partial charge in [0.15, 0.2) is 5.82 Å². The third-order valence-electron chi connectivity index (χ3n) is 2.98. The Balaban J connectivity index is 2.34. The molecule has 1 aromatic carbocycles. The third-order valence-corrected chi connectivity index (χ3v) is 2.98. The fraction of sp³-hybridized carbons (Fsp3) is 0.154. The molecule has 0 aliphatic carbocycles. The number of para-hydroxylation sites is 1. The lowest BCUT2D eigenvalue weighted by molar-refractivity contribution is 0.865. The van der Waals surface area contributed by atoms with E-state index >= 15 is 0 Å². The summed E-state index contributed by atoms with van der Waals surface area (Å²) < 4.78 is 1.99. The molecule has 0 aliphatic heterocycles. The van der Waals surface area contributed by atoms with Crippen molar-refractivity contribution in [2.75, 3.05) is 0 Å². The average Bonchev–Trinajstić information content (AvgIpc) is 2.69. The van der Waals surface area contributed by atoms with Crippen LogP contribution in [0.1, 0.15) is 5.82 Å². The highest BCUT2D eigenvalue weighted by Crippen LogP contribution is 2.25. The van der Waals surface area contributed by atoms with Gasteiger partial charge in [0.1, 0.15) is 5.82 Å². The maximum absolute atomic E-state index is 4.35. The minimum Gasteiger partial charge on any atom is -0.314 e. The number of fused-ring (bicyclic) bond motifs is 1. The second-order valence-corrected chi connectivity index (χ2v) is 4.01. The molecule has 0 unspecified atom stereocenters. The van der Waals surface area contributed by atoms with Gasteiger partial charge in [-0.3, -0.25) is 4.98 Å². The molecule has 0 bridgehead atoms. The first-order valence-corrected chi connectivity index (χ1v) is 5.47. The number of aromatic nitrogens is 4. The predicted molar refractivity (Wildman–Crippen MR) is 66.5 cm³/mol. The summed E-state index contributed by atoms with van der Waals surface area (Å²) in [4.78, 5) is 4.35. The van der Waals surface area contributed by atoms with Crippen molar-refractivity contribution in [3.63, 3.8) is 0 Å². The first-order valence-electron chi connectivity index (χ1n) is 5.47. The lowest BCUT2D eigenvalue weighted by Crippen LogP contribution is -1.95. The fourth-order valence-electron chi connectivity index (χ4n) is 1.93. The van der Waals surface area contributed by atoms with Crippen molar-refractivity contribution < 1.29 is 0 Å². The number of benzene rings is 1. The van der Waals surface area contributed by atoms with Gasteiger partial charge in [0, 0.05) is 24.2 Å². The van der Waals surface area contributed by atoms with Crippen molar-refractivity contribution in [2.24, 2.45) is 7.05 Å². The SMILES string of the molecule is Cc1nnc(-c2ccnc3ccccc23)n1C. The Hall–Kier alpha value is -2.23. The Morgan fingerprint density at radius 1 is 1.06 bits per heavy atom. The maximum Gasteiger partial charge on any atom is 0.164 e. The van der Waals surface area contributed by atoms with Crippen LogP contribution < -0.4 is 0 Å². The second-order valence-electron chi connectivity index (χ2n) is 4.01. The van der Waals surface area contributed by atoms with Crippen molar-refractivity contribution in [1.29, 1.82) is 0 Å². The van der Waals surface area contributed by atoms with Crippen LogP contribution in [0.4, 0.5) is 0 Å². The molecule has 0 N–H and O–H groups in total. The third kappa shape index (κ3) is 1.49. The van der Waals surface area contributed by atoms with Crippen molar-refractivity contribution in [3.8, 4) is 11.4 Å². The minimum absolute atomic E-state index is 0.876. The van der Waals surface area contributed by atoms with Crippen molar-refractivity contribution in [2.45, 2.75) is 6.92 Å². The van der Waals surface area contributed by atoms with Crippen LogP contribution in [0.5, 0.6) is 0 Å². The Labute approximate surface area is 98.9 Å². The van der Waals surface area contributed by atoms with Crippen molar-refractivity contribution >= 4 is 10.9 Å². The Kier molecular flexibility index (Phi) is 2.14. The number of hydrogen-bond donors (Lipinski definition) is 0. The molecule has 0 fully saturated rings. The zero-order valence-corrected chi connectivity index (χ0v) is 9.75. The summed E-state index contributed by atoms with van der Waals surface area (Å²) in [6.45, 7) is 1.94. The minimum atomic E-state index is 0.876. The molecule has 17 heavy (non-hydrogen) atoms. The van der Waals surface area contributed by atoms with E-state index in [1.54, 1.807) is 0 Å². The fourth-order valence-corrected chi connectivity index (χ4v) is 1.93. The van der Waals surface area contributed by atoms with Gasteiger partial charge in [-0.25, -0.2) is 0 Å². The van der Waals surface area contributed by atoms with Crippen LogP contribution in [0.25, 0.3) is 22.3 Å². The van der Waals surface area contributed by atoms with Gasteiger partial charge >= 0.3 is 0 Å². The summed E-state index contributed by atoms with van der Waals surface area (Å²) in [6.07, 6.45) is 1.81. The maximum atomic E-state index is 4.35. The molecule has 0 spiro atoms. The van der Waals surface area contributed by atoms with Crippen LogP contribution >= 0.6 is 0 Å².